The van der Waals surface area contributed by atoms with E-state index in [4.69, 9.17) is 9.47 Å². The van der Waals surface area contributed by atoms with Crippen molar-refractivity contribution in [3.05, 3.63) is 24.4 Å². The van der Waals surface area contributed by atoms with Gasteiger partial charge in [0.15, 0.2) is 4.93 Å². The van der Waals surface area contributed by atoms with E-state index in [1.165, 1.54) is 0 Å². The fourth-order valence-electron chi connectivity index (χ4n) is 2.05. The summed E-state index contributed by atoms with van der Waals surface area (Å²) >= 11 is 1.71. The first-order chi connectivity index (χ1) is 8.74. The van der Waals surface area contributed by atoms with E-state index in [0.717, 1.165) is 31.4 Å². The van der Waals surface area contributed by atoms with Crippen LogP contribution in [0.2, 0.25) is 0 Å². The monoisotopic (exact) mass is 267 g/mol. The quantitative estimate of drug-likeness (QED) is 0.780. The van der Waals surface area contributed by atoms with Gasteiger partial charge >= 0.3 is 6.16 Å². The van der Waals surface area contributed by atoms with Gasteiger partial charge in [0, 0.05) is 12.3 Å². The molecule has 0 N–H and O–H groups in total. The number of ether oxygens (including phenoxy) is 2. The SMILES string of the molecule is CCC[C@]1(OC(=O)Oc2ccccn2)CCCS1. The van der Waals surface area contributed by atoms with Gasteiger partial charge in [0.05, 0.1) is 0 Å². The molecule has 2 heterocycles. The van der Waals surface area contributed by atoms with Crippen LogP contribution in [0.25, 0.3) is 0 Å². The molecule has 18 heavy (non-hydrogen) atoms. The molecule has 1 aliphatic heterocycles. The van der Waals surface area contributed by atoms with E-state index < -0.39 is 6.16 Å². The molecule has 0 saturated carbocycles. The number of nitrogens with zero attached hydrogens (tertiary/aromatic N) is 1. The number of hydrogen-bond acceptors (Lipinski definition) is 5. The second-order valence-electron chi connectivity index (χ2n) is 4.23. The minimum Gasteiger partial charge on any atom is -0.416 e. The third-order valence-corrected chi connectivity index (χ3v) is 4.30. The Morgan fingerprint density at radius 3 is 3.06 bits per heavy atom. The highest BCUT2D eigenvalue weighted by molar-refractivity contribution is 8.00. The highest BCUT2D eigenvalue weighted by Crippen LogP contribution is 2.42. The summed E-state index contributed by atoms with van der Waals surface area (Å²) in [5.74, 6) is 1.31. The Bertz CT molecular complexity index is 390. The third kappa shape index (κ3) is 3.38. The van der Waals surface area contributed by atoms with Crippen molar-refractivity contribution in [2.24, 2.45) is 0 Å². The number of carbonyl (C=O) groups is 1. The molecule has 1 aliphatic rings. The lowest BCUT2D eigenvalue weighted by atomic mass is 10.1. The lowest BCUT2D eigenvalue weighted by molar-refractivity contribution is 0.0338. The minimum atomic E-state index is -0.656. The number of pyridine rings is 1. The van der Waals surface area contributed by atoms with Crippen LogP contribution in [0.5, 0.6) is 5.88 Å². The van der Waals surface area contributed by atoms with Crippen molar-refractivity contribution in [1.82, 2.24) is 4.98 Å². The van der Waals surface area contributed by atoms with E-state index in [1.807, 2.05) is 0 Å². The first-order valence-electron chi connectivity index (χ1n) is 6.20. The zero-order chi connectivity index (χ0) is 12.8. The zero-order valence-electron chi connectivity index (χ0n) is 10.4. The van der Waals surface area contributed by atoms with Gasteiger partial charge in [-0.15, -0.1) is 11.8 Å². The molecule has 98 valence electrons. The molecule has 2 rings (SSSR count). The van der Waals surface area contributed by atoms with Crippen molar-refractivity contribution in [1.29, 1.82) is 0 Å². The fraction of sp³-hybridized carbons (Fsp3) is 0.538. The molecule has 0 bridgehead atoms. The molecule has 0 aliphatic carbocycles. The van der Waals surface area contributed by atoms with Gasteiger partial charge in [0.2, 0.25) is 5.88 Å². The summed E-state index contributed by atoms with van der Waals surface area (Å²) < 4.78 is 10.6. The van der Waals surface area contributed by atoms with Crippen molar-refractivity contribution >= 4 is 17.9 Å². The number of thioether (sulfide) groups is 1. The van der Waals surface area contributed by atoms with E-state index >= 15 is 0 Å². The summed E-state index contributed by atoms with van der Waals surface area (Å²) in [4.78, 5) is 15.3. The molecule has 0 amide bonds. The maximum absolute atomic E-state index is 11.8. The van der Waals surface area contributed by atoms with Crippen LogP contribution in [-0.4, -0.2) is 21.8 Å². The first kappa shape index (κ1) is 13.2. The standard InChI is InChI=1S/C13H17NO3S/c1-2-7-13(8-5-10-18-13)17-12(15)16-11-6-3-4-9-14-11/h3-4,6,9H,2,5,7-8,10H2,1H3/t13-/m1/s1. The van der Waals surface area contributed by atoms with Gasteiger partial charge in [-0.2, -0.15) is 0 Å². The van der Waals surface area contributed by atoms with E-state index in [0.29, 0.717) is 0 Å². The molecule has 0 aromatic carbocycles. The number of rotatable bonds is 4. The second-order valence-corrected chi connectivity index (χ2v) is 5.68. The lowest BCUT2D eigenvalue weighted by Crippen LogP contribution is -2.30. The highest BCUT2D eigenvalue weighted by Gasteiger charge is 2.38. The molecular formula is C13H17NO3S. The maximum Gasteiger partial charge on any atom is 0.516 e. The Morgan fingerprint density at radius 1 is 1.56 bits per heavy atom. The largest absolute Gasteiger partial charge is 0.516 e. The van der Waals surface area contributed by atoms with Crippen LogP contribution in [-0.2, 0) is 4.74 Å². The van der Waals surface area contributed by atoms with Gasteiger partial charge in [0.1, 0.15) is 0 Å². The molecule has 1 fully saturated rings. The molecule has 0 spiro atoms. The Morgan fingerprint density at radius 2 is 2.44 bits per heavy atom. The average Bonchev–Trinajstić information content (AvgIpc) is 2.79. The summed E-state index contributed by atoms with van der Waals surface area (Å²) in [5.41, 5.74) is 0. The highest BCUT2D eigenvalue weighted by atomic mass is 32.2. The molecule has 5 heteroatoms. The van der Waals surface area contributed by atoms with Crippen LogP contribution in [0, 0.1) is 0 Å². The molecule has 1 atom stereocenters. The Kier molecular flexibility index (Phi) is 4.47. The first-order valence-corrected chi connectivity index (χ1v) is 7.18. The average molecular weight is 267 g/mol. The van der Waals surface area contributed by atoms with Gasteiger partial charge in [-0.3, -0.25) is 0 Å². The smallest absolute Gasteiger partial charge is 0.416 e. The molecule has 0 unspecified atom stereocenters. The number of aromatic nitrogens is 1. The van der Waals surface area contributed by atoms with Crippen LogP contribution in [0.15, 0.2) is 24.4 Å². The van der Waals surface area contributed by atoms with Crippen LogP contribution < -0.4 is 4.74 Å². The summed E-state index contributed by atoms with van der Waals surface area (Å²) in [6, 6.07) is 5.17. The second kappa shape index (κ2) is 6.09. The minimum absolute atomic E-state index is 0.275. The van der Waals surface area contributed by atoms with Crippen LogP contribution in [0.1, 0.15) is 32.6 Å². The molecular weight excluding hydrogens is 250 g/mol. The van der Waals surface area contributed by atoms with Crippen LogP contribution in [0.4, 0.5) is 4.79 Å². The van der Waals surface area contributed by atoms with E-state index in [1.54, 1.807) is 36.2 Å². The Balaban J connectivity index is 1.93. The Hall–Kier alpha value is -1.23. The maximum atomic E-state index is 11.8. The van der Waals surface area contributed by atoms with Crippen molar-refractivity contribution in [2.75, 3.05) is 5.75 Å². The molecule has 1 aromatic heterocycles. The molecule has 0 radical (unpaired) electrons. The zero-order valence-corrected chi connectivity index (χ0v) is 11.2. The number of hydrogen-bond donors (Lipinski definition) is 0. The van der Waals surface area contributed by atoms with Crippen molar-refractivity contribution in [3.8, 4) is 5.88 Å². The predicted molar refractivity (Wildman–Crippen MR) is 70.7 cm³/mol. The fourth-order valence-corrected chi connectivity index (χ4v) is 3.47. The summed E-state index contributed by atoms with van der Waals surface area (Å²) in [6.07, 6.45) is 4.77. The Labute approximate surface area is 111 Å². The third-order valence-electron chi connectivity index (χ3n) is 2.79. The number of carbonyl (C=O) groups excluding carboxylic acids is 1. The van der Waals surface area contributed by atoms with E-state index in [-0.39, 0.29) is 10.8 Å². The molecule has 1 aromatic rings. The van der Waals surface area contributed by atoms with E-state index in [9.17, 15) is 4.79 Å². The van der Waals surface area contributed by atoms with Crippen molar-refractivity contribution in [3.63, 3.8) is 0 Å². The van der Waals surface area contributed by atoms with Gasteiger partial charge in [0.25, 0.3) is 0 Å². The molecule has 1 saturated heterocycles. The molecule has 4 nitrogen and oxygen atoms in total. The summed E-state index contributed by atoms with van der Waals surface area (Å²) in [5, 5.41) is 0. The van der Waals surface area contributed by atoms with Gasteiger partial charge in [-0.25, -0.2) is 9.78 Å². The summed E-state index contributed by atoms with van der Waals surface area (Å²) in [6.45, 7) is 2.09. The van der Waals surface area contributed by atoms with E-state index in [2.05, 4.69) is 11.9 Å². The topological polar surface area (TPSA) is 48.4 Å². The van der Waals surface area contributed by atoms with Gasteiger partial charge in [-0.05, 0) is 31.1 Å². The van der Waals surface area contributed by atoms with Crippen LogP contribution in [0.3, 0.4) is 0 Å². The van der Waals surface area contributed by atoms with Crippen LogP contribution >= 0.6 is 11.8 Å². The van der Waals surface area contributed by atoms with Crippen molar-refractivity contribution in [2.45, 2.75) is 37.5 Å². The van der Waals surface area contributed by atoms with Gasteiger partial charge < -0.3 is 9.47 Å². The lowest BCUT2D eigenvalue weighted by Gasteiger charge is -2.26. The summed E-state index contributed by atoms with van der Waals surface area (Å²) in [7, 11) is 0. The normalized spacial score (nSPS) is 22.7. The van der Waals surface area contributed by atoms with Gasteiger partial charge in [-0.1, -0.05) is 19.4 Å². The predicted octanol–water partition coefficient (Wildman–Crippen LogP) is 3.62. The van der Waals surface area contributed by atoms with Crippen molar-refractivity contribution < 1.29 is 14.3 Å².